The molecule has 0 fully saturated rings. The number of rotatable bonds is 5. The van der Waals surface area contributed by atoms with Gasteiger partial charge in [-0.1, -0.05) is 12.1 Å². The van der Waals surface area contributed by atoms with Gasteiger partial charge in [0.25, 0.3) is 0 Å². The molecule has 2 rings (SSSR count). The summed E-state index contributed by atoms with van der Waals surface area (Å²) in [5.41, 5.74) is 1.70. The van der Waals surface area contributed by atoms with Gasteiger partial charge in [-0.3, -0.25) is 4.79 Å². The molecule has 5 nitrogen and oxygen atoms in total. The van der Waals surface area contributed by atoms with Crippen molar-refractivity contribution in [3.8, 4) is 11.3 Å². The number of carbonyl (C=O) groups is 1. The van der Waals surface area contributed by atoms with Crippen LogP contribution in [0.5, 0.6) is 0 Å². The van der Waals surface area contributed by atoms with E-state index >= 15 is 0 Å². The molecule has 8 heteroatoms. The van der Waals surface area contributed by atoms with Crippen LogP contribution in [0.1, 0.15) is 20.8 Å². The first kappa shape index (κ1) is 18.3. The number of nitrogens with zero attached hydrogens (tertiary/aromatic N) is 1. The van der Waals surface area contributed by atoms with Crippen LogP contribution in [-0.2, 0) is 14.6 Å². The van der Waals surface area contributed by atoms with E-state index in [4.69, 9.17) is 0 Å². The largest absolute Gasteiger partial charge is 0.301 e. The van der Waals surface area contributed by atoms with Gasteiger partial charge in [0, 0.05) is 14.5 Å². The van der Waals surface area contributed by atoms with E-state index in [1.807, 2.05) is 29.6 Å². The number of halogens is 1. The normalized spacial score (nSPS) is 13.1. The van der Waals surface area contributed by atoms with Crippen LogP contribution >= 0.6 is 33.9 Å². The van der Waals surface area contributed by atoms with Crippen molar-refractivity contribution in [1.29, 1.82) is 0 Å². The third-order valence-electron chi connectivity index (χ3n) is 3.39. The van der Waals surface area contributed by atoms with E-state index in [2.05, 4.69) is 32.9 Å². The van der Waals surface area contributed by atoms with Crippen molar-refractivity contribution in [2.45, 2.75) is 31.3 Å². The van der Waals surface area contributed by atoms with E-state index in [1.54, 1.807) is 13.8 Å². The third kappa shape index (κ3) is 4.30. The fraction of sp³-hybridized carbons (Fsp3) is 0.333. The Bertz CT molecular complexity index is 798. The SMILES string of the molecule is CC(C)S(=O)(=O)C(C)C(=O)Nc1nc(-c2ccc(I)cc2)cs1. The first-order valence-corrected chi connectivity index (χ1v) is 10.5. The Kier molecular flexibility index (Phi) is 5.79. The van der Waals surface area contributed by atoms with Crippen LogP contribution in [0, 0.1) is 3.57 Å². The molecule has 1 aromatic carbocycles. The number of nitrogens with one attached hydrogen (secondary N) is 1. The summed E-state index contributed by atoms with van der Waals surface area (Å²) in [6.07, 6.45) is 0. The molecule has 1 aromatic heterocycles. The lowest BCUT2D eigenvalue weighted by molar-refractivity contribution is -0.115. The lowest BCUT2D eigenvalue weighted by Crippen LogP contribution is -2.36. The van der Waals surface area contributed by atoms with Crippen LogP contribution in [0.3, 0.4) is 0 Å². The molecule has 1 unspecified atom stereocenters. The van der Waals surface area contributed by atoms with Crippen LogP contribution in [0.15, 0.2) is 29.6 Å². The van der Waals surface area contributed by atoms with Crippen LogP contribution < -0.4 is 5.32 Å². The lowest BCUT2D eigenvalue weighted by atomic mass is 10.2. The van der Waals surface area contributed by atoms with Gasteiger partial charge in [-0.2, -0.15) is 0 Å². The van der Waals surface area contributed by atoms with E-state index in [-0.39, 0.29) is 0 Å². The summed E-state index contributed by atoms with van der Waals surface area (Å²) >= 11 is 3.50. The molecule has 0 radical (unpaired) electrons. The number of anilines is 1. The molecule has 0 spiro atoms. The molecule has 0 bridgehead atoms. The molecule has 0 aliphatic rings. The van der Waals surface area contributed by atoms with Crippen molar-refractivity contribution in [3.05, 3.63) is 33.2 Å². The van der Waals surface area contributed by atoms with Gasteiger partial charge in [0.15, 0.2) is 15.0 Å². The zero-order valence-electron chi connectivity index (χ0n) is 12.9. The van der Waals surface area contributed by atoms with E-state index in [9.17, 15) is 13.2 Å². The van der Waals surface area contributed by atoms with Crippen molar-refractivity contribution in [2.75, 3.05) is 5.32 Å². The second-order valence-electron chi connectivity index (χ2n) is 5.31. The quantitative estimate of drug-likeness (QED) is 0.687. The first-order valence-electron chi connectivity index (χ1n) is 6.97. The topological polar surface area (TPSA) is 76.1 Å². The third-order valence-corrected chi connectivity index (χ3v) is 7.38. The molecule has 1 heterocycles. The maximum Gasteiger partial charge on any atom is 0.244 e. The van der Waals surface area contributed by atoms with Gasteiger partial charge in [-0.25, -0.2) is 13.4 Å². The number of benzene rings is 1. The van der Waals surface area contributed by atoms with Gasteiger partial charge in [0.05, 0.1) is 10.9 Å². The summed E-state index contributed by atoms with van der Waals surface area (Å²) in [6.45, 7) is 4.53. The molecule has 0 saturated carbocycles. The van der Waals surface area contributed by atoms with Gasteiger partial charge >= 0.3 is 0 Å². The number of thiazole rings is 1. The second-order valence-corrected chi connectivity index (χ2v) is 10.2. The van der Waals surface area contributed by atoms with Gasteiger partial charge in [0.1, 0.15) is 5.25 Å². The van der Waals surface area contributed by atoms with Crippen molar-refractivity contribution in [2.24, 2.45) is 0 Å². The first-order chi connectivity index (χ1) is 10.7. The molecule has 1 amide bonds. The van der Waals surface area contributed by atoms with Crippen LogP contribution in [0.25, 0.3) is 11.3 Å². The molecule has 0 aliphatic carbocycles. The smallest absolute Gasteiger partial charge is 0.244 e. The Morgan fingerprint density at radius 1 is 1.22 bits per heavy atom. The molecular formula is C15H17IN2O3S2. The van der Waals surface area contributed by atoms with Gasteiger partial charge < -0.3 is 5.32 Å². The Hall–Kier alpha value is -1.000. The predicted octanol–water partition coefficient (Wildman–Crippen LogP) is 3.56. The molecule has 1 N–H and O–H groups in total. The summed E-state index contributed by atoms with van der Waals surface area (Å²) in [5, 5.41) is 3.12. The molecule has 23 heavy (non-hydrogen) atoms. The Morgan fingerprint density at radius 2 is 1.83 bits per heavy atom. The predicted molar refractivity (Wildman–Crippen MR) is 102 cm³/mol. The highest BCUT2D eigenvalue weighted by Gasteiger charge is 2.31. The van der Waals surface area contributed by atoms with Crippen molar-refractivity contribution >= 4 is 54.8 Å². The average molecular weight is 464 g/mol. The fourth-order valence-electron chi connectivity index (χ4n) is 1.85. The molecule has 2 aromatic rings. The van der Waals surface area contributed by atoms with Crippen molar-refractivity contribution < 1.29 is 13.2 Å². The number of hydrogen-bond donors (Lipinski definition) is 1. The molecule has 0 saturated heterocycles. The van der Waals surface area contributed by atoms with Gasteiger partial charge in [-0.05, 0) is 55.5 Å². The van der Waals surface area contributed by atoms with Crippen LogP contribution in [0.4, 0.5) is 5.13 Å². The fourth-order valence-corrected chi connectivity index (χ4v) is 4.10. The highest BCUT2D eigenvalue weighted by atomic mass is 127. The number of hydrogen-bond acceptors (Lipinski definition) is 5. The lowest BCUT2D eigenvalue weighted by Gasteiger charge is -2.14. The van der Waals surface area contributed by atoms with Gasteiger partial charge in [0.2, 0.25) is 5.91 Å². The average Bonchev–Trinajstić information content (AvgIpc) is 2.95. The highest BCUT2D eigenvalue weighted by Crippen LogP contribution is 2.26. The Labute approximate surface area is 153 Å². The Morgan fingerprint density at radius 3 is 2.39 bits per heavy atom. The number of sulfone groups is 1. The minimum atomic E-state index is -3.48. The second kappa shape index (κ2) is 7.27. The molecule has 124 valence electrons. The maximum absolute atomic E-state index is 12.1. The maximum atomic E-state index is 12.1. The number of carbonyl (C=O) groups excluding carboxylic acids is 1. The molecular weight excluding hydrogens is 447 g/mol. The summed E-state index contributed by atoms with van der Waals surface area (Å²) in [5.74, 6) is -0.554. The zero-order chi connectivity index (χ0) is 17.2. The van der Waals surface area contributed by atoms with Crippen LogP contribution in [0.2, 0.25) is 0 Å². The summed E-state index contributed by atoms with van der Waals surface area (Å²) < 4.78 is 25.2. The molecule has 1 atom stereocenters. The number of aromatic nitrogens is 1. The van der Waals surface area contributed by atoms with Gasteiger partial charge in [-0.15, -0.1) is 11.3 Å². The standard InChI is InChI=1S/C15H17IN2O3S2/c1-9(2)23(20,21)10(3)14(19)18-15-17-13(8-22-15)11-4-6-12(16)7-5-11/h4-10H,1-3H3,(H,17,18,19). The van der Waals surface area contributed by atoms with E-state index in [0.717, 1.165) is 14.8 Å². The summed E-state index contributed by atoms with van der Waals surface area (Å²) in [7, 11) is -3.48. The van der Waals surface area contributed by atoms with E-state index < -0.39 is 26.2 Å². The molecule has 0 aliphatic heterocycles. The zero-order valence-corrected chi connectivity index (χ0v) is 16.7. The highest BCUT2D eigenvalue weighted by molar-refractivity contribution is 14.1. The van der Waals surface area contributed by atoms with E-state index in [1.165, 1.54) is 18.3 Å². The van der Waals surface area contributed by atoms with Crippen molar-refractivity contribution in [3.63, 3.8) is 0 Å². The van der Waals surface area contributed by atoms with Crippen LogP contribution in [-0.4, -0.2) is 29.8 Å². The summed E-state index contributed by atoms with van der Waals surface area (Å²) in [4.78, 5) is 16.5. The van der Waals surface area contributed by atoms with E-state index in [0.29, 0.717) is 5.13 Å². The summed E-state index contributed by atoms with van der Waals surface area (Å²) in [6, 6.07) is 7.86. The Balaban J connectivity index is 2.13. The monoisotopic (exact) mass is 464 g/mol. The number of amides is 1. The minimum Gasteiger partial charge on any atom is -0.301 e. The minimum absolute atomic E-state index is 0.398. The van der Waals surface area contributed by atoms with Crippen molar-refractivity contribution in [1.82, 2.24) is 4.98 Å².